The number of aromatic carboxylic acids is 1. The molecule has 0 saturated heterocycles. The number of H-pyrrole nitrogens is 1. The van der Waals surface area contributed by atoms with Crippen LogP contribution in [0.15, 0.2) is 6.07 Å². The maximum Gasteiger partial charge on any atom is 0.352 e. The molecule has 0 radical (unpaired) electrons. The van der Waals surface area contributed by atoms with Gasteiger partial charge in [-0.25, -0.2) is 9.18 Å². The number of hydrogen-bond donors (Lipinski definition) is 3. The van der Waals surface area contributed by atoms with Crippen LogP contribution < -0.4 is 10.5 Å². The van der Waals surface area contributed by atoms with E-state index in [4.69, 9.17) is 10.5 Å². The van der Waals surface area contributed by atoms with E-state index in [1.165, 1.54) is 6.07 Å². The van der Waals surface area contributed by atoms with Crippen LogP contribution >= 0.6 is 0 Å². The summed E-state index contributed by atoms with van der Waals surface area (Å²) in [5, 5.41) is 9.96. The number of aromatic nitrogens is 1. The van der Waals surface area contributed by atoms with Crippen LogP contribution in [0.3, 0.4) is 0 Å². The Morgan fingerprint density at radius 1 is 1.58 bits per heavy atom. The summed E-state index contributed by atoms with van der Waals surface area (Å²) in [5.74, 6) is -1.29. The minimum Gasteiger partial charge on any atom is -0.490 e. The Balaban J connectivity index is 2.37. The molecule has 0 amide bonds. The van der Waals surface area contributed by atoms with Crippen LogP contribution in [0.4, 0.5) is 4.39 Å². The second-order valence-corrected chi connectivity index (χ2v) is 4.51. The van der Waals surface area contributed by atoms with Crippen LogP contribution in [0, 0.1) is 5.82 Å². The molecule has 0 fully saturated rings. The van der Waals surface area contributed by atoms with Crippen molar-refractivity contribution in [3.05, 3.63) is 28.7 Å². The van der Waals surface area contributed by atoms with E-state index >= 15 is 0 Å². The number of fused-ring (bicyclic) bond motifs is 3. The lowest BCUT2D eigenvalue weighted by Gasteiger charge is -2.04. The summed E-state index contributed by atoms with van der Waals surface area (Å²) in [4.78, 5) is 14.0. The van der Waals surface area contributed by atoms with Crippen molar-refractivity contribution in [3.63, 3.8) is 0 Å². The SMILES string of the molecule is NCCc1c(C(=O)O)[nH]c2cc(F)c3c(c12)CCO3. The van der Waals surface area contributed by atoms with Gasteiger partial charge in [0.2, 0.25) is 0 Å². The third kappa shape index (κ3) is 1.67. The first-order valence-corrected chi connectivity index (χ1v) is 6.05. The summed E-state index contributed by atoms with van der Waals surface area (Å²) in [6.07, 6.45) is 1.01. The van der Waals surface area contributed by atoms with Crippen LogP contribution in [0.5, 0.6) is 5.75 Å². The summed E-state index contributed by atoms with van der Waals surface area (Å²) >= 11 is 0. The highest BCUT2D eigenvalue weighted by molar-refractivity contribution is 5.99. The number of carboxylic acids is 1. The number of halogens is 1. The lowest BCUT2D eigenvalue weighted by Crippen LogP contribution is -2.08. The molecular formula is C13H13FN2O3. The molecule has 3 rings (SSSR count). The first-order chi connectivity index (χ1) is 9.13. The zero-order valence-electron chi connectivity index (χ0n) is 10.1. The fourth-order valence-electron chi connectivity index (χ4n) is 2.69. The topological polar surface area (TPSA) is 88.3 Å². The largest absolute Gasteiger partial charge is 0.490 e. The Morgan fingerprint density at radius 3 is 3.05 bits per heavy atom. The fraction of sp³-hybridized carbons (Fsp3) is 0.308. The lowest BCUT2D eigenvalue weighted by atomic mass is 10.0. The van der Waals surface area contributed by atoms with Gasteiger partial charge in [-0.1, -0.05) is 0 Å². The van der Waals surface area contributed by atoms with Crippen molar-refractivity contribution in [2.75, 3.05) is 13.2 Å². The zero-order valence-corrected chi connectivity index (χ0v) is 10.1. The third-order valence-corrected chi connectivity index (χ3v) is 3.40. The molecule has 1 aromatic carbocycles. The Labute approximate surface area is 108 Å². The van der Waals surface area contributed by atoms with Gasteiger partial charge in [-0.3, -0.25) is 0 Å². The van der Waals surface area contributed by atoms with E-state index in [0.29, 0.717) is 37.1 Å². The van der Waals surface area contributed by atoms with E-state index < -0.39 is 11.8 Å². The average molecular weight is 264 g/mol. The molecule has 0 aliphatic carbocycles. The molecule has 0 bridgehead atoms. The fourth-order valence-corrected chi connectivity index (χ4v) is 2.69. The van der Waals surface area contributed by atoms with Crippen molar-refractivity contribution in [1.82, 2.24) is 4.98 Å². The predicted molar refractivity (Wildman–Crippen MR) is 67.2 cm³/mol. The van der Waals surface area contributed by atoms with Crippen LogP contribution in [0.1, 0.15) is 21.6 Å². The summed E-state index contributed by atoms with van der Waals surface area (Å²) in [5.41, 5.74) is 7.48. The number of carbonyl (C=O) groups is 1. The van der Waals surface area contributed by atoms with Gasteiger partial charge in [0, 0.05) is 29.0 Å². The molecule has 2 heterocycles. The maximum atomic E-state index is 13.8. The third-order valence-electron chi connectivity index (χ3n) is 3.40. The summed E-state index contributed by atoms with van der Waals surface area (Å²) in [6, 6.07) is 1.28. The number of ether oxygens (including phenoxy) is 1. The molecular weight excluding hydrogens is 251 g/mol. The molecule has 2 aromatic rings. The van der Waals surface area contributed by atoms with Gasteiger partial charge in [-0.2, -0.15) is 0 Å². The zero-order chi connectivity index (χ0) is 13.6. The number of hydrogen-bond acceptors (Lipinski definition) is 3. The van der Waals surface area contributed by atoms with Crippen LogP contribution in [-0.2, 0) is 12.8 Å². The summed E-state index contributed by atoms with van der Waals surface area (Å²) < 4.78 is 19.1. The highest BCUT2D eigenvalue weighted by atomic mass is 19.1. The van der Waals surface area contributed by atoms with Gasteiger partial charge < -0.3 is 20.6 Å². The second-order valence-electron chi connectivity index (χ2n) is 4.51. The number of nitrogens with two attached hydrogens (primary N) is 1. The van der Waals surface area contributed by atoms with Crippen molar-refractivity contribution in [3.8, 4) is 5.75 Å². The minimum atomic E-state index is -1.06. The summed E-state index contributed by atoms with van der Waals surface area (Å²) in [7, 11) is 0. The predicted octanol–water partition coefficient (Wildman–Crippen LogP) is 1.44. The molecule has 6 heteroatoms. The maximum absolute atomic E-state index is 13.8. The van der Waals surface area contributed by atoms with E-state index in [0.717, 1.165) is 10.9 Å². The normalized spacial score (nSPS) is 13.6. The number of carboxylic acid groups (broad SMARTS) is 1. The average Bonchev–Trinajstić information content (AvgIpc) is 2.94. The molecule has 0 saturated carbocycles. The van der Waals surface area contributed by atoms with E-state index in [-0.39, 0.29) is 11.4 Å². The van der Waals surface area contributed by atoms with E-state index in [2.05, 4.69) is 4.98 Å². The van der Waals surface area contributed by atoms with Gasteiger partial charge in [0.05, 0.1) is 6.61 Å². The molecule has 1 aliphatic heterocycles. The molecule has 1 aromatic heterocycles. The minimum absolute atomic E-state index is 0.0835. The van der Waals surface area contributed by atoms with E-state index in [1.54, 1.807) is 0 Å². The molecule has 5 nitrogen and oxygen atoms in total. The van der Waals surface area contributed by atoms with E-state index in [1.807, 2.05) is 0 Å². The first kappa shape index (κ1) is 12.0. The second kappa shape index (κ2) is 4.24. The summed E-state index contributed by atoms with van der Waals surface area (Å²) in [6.45, 7) is 0.751. The molecule has 19 heavy (non-hydrogen) atoms. The molecule has 0 spiro atoms. The Morgan fingerprint density at radius 2 is 2.37 bits per heavy atom. The van der Waals surface area contributed by atoms with Gasteiger partial charge in [-0.15, -0.1) is 0 Å². The van der Waals surface area contributed by atoms with Crippen molar-refractivity contribution < 1.29 is 19.0 Å². The van der Waals surface area contributed by atoms with Gasteiger partial charge in [0.25, 0.3) is 0 Å². The van der Waals surface area contributed by atoms with Gasteiger partial charge in [0.15, 0.2) is 11.6 Å². The Kier molecular flexibility index (Phi) is 2.67. The number of benzene rings is 1. The molecule has 1 aliphatic rings. The van der Waals surface area contributed by atoms with Gasteiger partial charge in [0.1, 0.15) is 5.69 Å². The van der Waals surface area contributed by atoms with Gasteiger partial charge >= 0.3 is 5.97 Å². The smallest absolute Gasteiger partial charge is 0.352 e. The molecule has 0 unspecified atom stereocenters. The van der Waals surface area contributed by atoms with Crippen LogP contribution in [-0.4, -0.2) is 29.2 Å². The Bertz CT molecular complexity index is 678. The highest BCUT2D eigenvalue weighted by Gasteiger charge is 2.26. The number of nitrogens with one attached hydrogen (secondary N) is 1. The van der Waals surface area contributed by atoms with E-state index in [9.17, 15) is 14.3 Å². The number of rotatable bonds is 3. The van der Waals surface area contributed by atoms with Gasteiger partial charge in [-0.05, 0) is 18.5 Å². The van der Waals surface area contributed by atoms with Crippen LogP contribution in [0.2, 0.25) is 0 Å². The number of aromatic amines is 1. The molecule has 4 N–H and O–H groups in total. The van der Waals surface area contributed by atoms with Crippen molar-refractivity contribution in [2.45, 2.75) is 12.8 Å². The quantitative estimate of drug-likeness (QED) is 0.782. The molecule has 0 atom stereocenters. The Hall–Kier alpha value is -2.08. The lowest BCUT2D eigenvalue weighted by molar-refractivity contribution is 0.0690. The van der Waals surface area contributed by atoms with Crippen molar-refractivity contribution in [1.29, 1.82) is 0 Å². The van der Waals surface area contributed by atoms with Crippen molar-refractivity contribution in [2.24, 2.45) is 5.73 Å². The standard InChI is InChI=1S/C13H13FN2O3/c14-8-5-9-10(7-2-4-19-12(7)8)6(1-3-15)11(16-9)13(17)18/h5,16H,1-4,15H2,(H,17,18). The monoisotopic (exact) mass is 264 g/mol. The van der Waals surface area contributed by atoms with Crippen LogP contribution in [0.25, 0.3) is 10.9 Å². The van der Waals surface area contributed by atoms with Crippen molar-refractivity contribution >= 4 is 16.9 Å². The molecule has 100 valence electrons. The first-order valence-electron chi connectivity index (χ1n) is 6.05. The highest BCUT2D eigenvalue weighted by Crippen LogP contribution is 2.38.